The zero-order chi connectivity index (χ0) is 27.5. The molecule has 0 bridgehead atoms. The Bertz CT molecular complexity index is 1290. The van der Waals surface area contributed by atoms with Crippen molar-refractivity contribution < 1.29 is 28.6 Å². The maximum atomic E-state index is 12.8. The minimum atomic E-state index is -0.651. The number of methoxy groups -OCH3 is 2. The second kappa shape index (κ2) is 14.0. The SMILES string of the molecule is C=CCn1c(SCC(=O)Nc2cc(C(=O)OC)ccc2C(=O)OC)nnc1-c1ccc(OCCCC)cc1. The molecule has 0 atom stereocenters. The van der Waals surface area contributed by atoms with Crippen molar-refractivity contribution in [1.82, 2.24) is 14.8 Å². The first-order chi connectivity index (χ1) is 18.4. The number of rotatable bonds is 13. The van der Waals surface area contributed by atoms with Crippen LogP contribution in [-0.4, -0.2) is 59.2 Å². The van der Waals surface area contributed by atoms with Gasteiger partial charge in [-0.3, -0.25) is 9.36 Å². The molecule has 3 rings (SSSR count). The van der Waals surface area contributed by atoms with E-state index in [0.29, 0.717) is 24.1 Å². The number of esters is 2. The molecule has 1 N–H and O–H groups in total. The number of thioether (sulfide) groups is 1. The lowest BCUT2D eigenvalue weighted by atomic mass is 10.1. The number of hydrogen-bond donors (Lipinski definition) is 1. The molecule has 1 heterocycles. The normalized spacial score (nSPS) is 10.5. The summed E-state index contributed by atoms with van der Waals surface area (Å²) in [5.74, 6) is -0.274. The van der Waals surface area contributed by atoms with Crippen molar-refractivity contribution in [3.63, 3.8) is 0 Å². The Morgan fingerprint density at radius 1 is 1.05 bits per heavy atom. The van der Waals surface area contributed by atoms with Gasteiger partial charge >= 0.3 is 11.9 Å². The van der Waals surface area contributed by atoms with Crippen molar-refractivity contribution in [2.24, 2.45) is 0 Å². The first kappa shape index (κ1) is 28.5. The van der Waals surface area contributed by atoms with Crippen LogP contribution < -0.4 is 10.1 Å². The van der Waals surface area contributed by atoms with Gasteiger partial charge in [-0.05, 0) is 48.9 Å². The standard InChI is InChI=1S/C27H30N4O6S/c1-5-7-15-37-20-11-8-18(9-12-20)24-29-30-27(31(24)14-6-2)38-17-23(32)28-22-16-19(25(33)35-3)10-13-21(22)26(34)36-4/h6,8-13,16H,2,5,7,14-15,17H2,1,3-4H3,(H,28,32). The fourth-order valence-electron chi connectivity index (χ4n) is 3.43. The van der Waals surface area contributed by atoms with Crippen LogP contribution in [0.25, 0.3) is 11.4 Å². The van der Waals surface area contributed by atoms with Crippen LogP contribution in [0, 0.1) is 0 Å². The molecule has 0 aliphatic rings. The lowest BCUT2D eigenvalue weighted by molar-refractivity contribution is -0.113. The summed E-state index contributed by atoms with van der Waals surface area (Å²) in [5, 5.41) is 11.8. The van der Waals surface area contributed by atoms with Gasteiger partial charge in [0, 0.05) is 12.1 Å². The van der Waals surface area contributed by atoms with E-state index in [0.717, 1.165) is 24.2 Å². The third-order valence-corrected chi connectivity index (χ3v) is 6.33. The van der Waals surface area contributed by atoms with Gasteiger partial charge in [0.15, 0.2) is 11.0 Å². The summed E-state index contributed by atoms with van der Waals surface area (Å²) in [6.07, 6.45) is 3.78. The van der Waals surface area contributed by atoms with E-state index in [1.807, 2.05) is 28.8 Å². The topological polar surface area (TPSA) is 122 Å². The van der Waals surface area contributed by atoms with Gasteiger partial charge in [0.1, 0.15) is 5.75 Å². The molecule has 0 radical (unpaired) electrons. The summed E-state index contributed by atoms with van der Waals surface area (Å²) in [4.78, 5) is 36.9. The fraction of sp³-hybridized carbons (Fsp3) is 0.296. The number of ether oxygens (including phenoxy) is 3. The summed E-state index contributed by atoms with van der Waals surface area (Å²) >= 11 is 1.18. The number of nitrogens with one attached hydrogen (secondary N) is 1. The Morgan fingerprint density at radius 2 is 1.79 bits per heavy atom. The zero-order valence-corrected chi connectivity index (χ0v) is 22.4. The average molecular weight is 539 g/mol. The summed E-state index contributed by atoms with van der Waals surface area (Å²) in [5.41, 5.74) is 1.28. The van der Waals surface area contributed by atoms with E-state index in [9.17, 15) is 14.4 Å². The summed E-state index contributed by atoms with van der Waals surface area (Å²) in [6.45, 7) is 7.03. The van der Waals surface area contributed by atoms with E-state index in [4.69, 9.17) is 14.2 Å². The number of anilines is 1. The third-order valence-electron chi connectivity index (χ3n) is 5.36. The van der Waals surface area contributed by atoms with E-state index in [1.54, 1.807) is 6.08 Å². The maximum Gasteiger partial charge on any atom is 0.339 e. The van der Waals surface area contributed by atoms with Crippen LogP contribution in [0.1, 0.15) is 40.5 Å². The lowest BCUT2D eigenvalue weighted by Crippen LogP contribution is -2.18. The van der Waals surface area contributed by atoms with Crippen molar-refractivity contribution in [2.45, 2.75) is 31.5 Å². The van der Waals surface area contributed by atoms with E-state index in [1.165, 1.54) is 44.2 Å². The summed E-state index contributed by atoms with van der Waals surface area (Å²) in [7, 11) is 2.48. The van der Waals surface area contributed by atoms with Crippen LogP contribution in [0.4, 0.5) is 5.69 Å². The molecule has 0 unspecified atom stereocenters. The Morgan fingerprint density at radius 3 is 2.45 bits per heavy atom. The van der Waals surface area contributed by atoms with Gasteiger partial charge in [0.25, 0.3) is 0 Å². The minimum Gasteiger partial charge on any atom is -0.494 e. The molecule has 1 aromatic heterocycles. The van der Waals surface area contributed by atoms with Crippen molar-refractivity contribution in [3.8, 4) is 17.1 Å². The Balaban J connectivity index is 1.74. The van der Waals surface area contributed by atoms with Crippen molar-refractivity contribution >= 4 is 35.3 Å². The number of benzene rings is 2. The molecule has 11 heteroatoms. The average Bonchev–Trinajstić information content (AvgIpc) is 3.34. The quantitative estimate of drug-likeness (QED) is 0.144. The van der Waals surface area contributed by atoms with E-state index in [2.05, 4.69) is 29.0 Å². The molecule has 0 fully saturated rings. The third kappa shape index (κ3) is 7.22. The minimum absolute atomic E-state index is 0.0253. The highest BCUT2D eigenvalue weighted by Gasteiger charge is 2.19. The number of unbranched alkanes of at least 4 members (excludes halogenated alkanes) is 1. The Labute approximate surface area is 225 Å². The monoisotopic (exact) mass is 538 g/mol. The molecule has 0 spiro atoms. The van der Waals surface area contributed by atoms with Crippen LogP contribution in [-0.2, 0) is 20.8 Å². The first-order valence-corrected chi connectivity index (χ1v) is 12.9. The molecule has 3 aromatic rings. The molecule has 0 aliphatic heterocycles. The van der Waals surface area contributed by atoms with Crippen LogP contribution in [0.2, 0.25) is 0 Å². The number of allylic oxidation sites excluding steroid dienone is 1. The van der Waals surface area contributed by atoms with Gasteiger partial charge in [-0.1, -0.05) is 31.2 Å². The molecular formula is C27H30N4O6S. The molecule has 0 saturated carbocycles. The smallest absolute Gasteiger partial charge is 0.339 e. The number of hydrogen-bond acceptors (Lipinski definition) is 9. The van der Waals surface area contributed by atoms with Crippen LogP contribution in [0.3, 0.4) is 0 Å². The van der Waals surface area contributed by atoms with Gasteiger partial charge < -0.3 is 19.5 Å². The highest BCUT2D eigenvalue weighted by Crippen LogP contribution is 2.27. The largest absolute Gasteiger partial charge is 0.494 e. The molecule has 0 aliphatic carbocycles. The summed E-state index contributed by atoms with van der Waals surface area (Å²) < 4.78 is 17.1. The number of carbonyl (C=O) groups is 3. The van der Waals surface area contributed by atoms with Gasteiger partial charge in [-0.2, -0.15) is 0 Å². The lowest BCUT2D eigenvalue weighted by Gasteiger charge is -2.12. The predicted molar refractivity (Wildman–Crippen MR) is 145 cm³/mol. The van der Waals surface area contributed by atoms with Crippen LogP contribution in [0.15, 0.2) is 60.3 Å². The molecule has 200 valence electrons. The molecule has 0 saturated heterocycles. The highest BCUT2D eigenvalue weighted by atomic mass is 32.2. The number of amides is 1. The van der Waals surface area contributed by atoms with Gasteiger partial charge in [-0.15, -0.1) is 16.8 Å². The van der Waals surface area contributed by atoms with Gasteiger partial charge in [0.2, 0.25) is 5.91 Å². The highest BCUT2D eigenvalue weighted by molar-refractivity contribution is 7.99. The van der Waals surface area contributed by atoms with Crippen molar-refractivity contribution in [3.05, 3.63) is 66.2 Å². The number of nitrogens with zero attached hydrogens (tertiary/aromatic N) is 3. The van der Waals surface area contributed by atoms with E-state index >= 15 is 0 Å². The van der Waals surface area contributed by atoms with Crippen molar-refractivity contribution in [2.75, 3.05) is 31.9 Å². The summed E-state index contributed by atoms with van der Waals surface area (Å²) in [6, 6.07) is 11.8. The maximum absolute atomic E-state index is 12.8. The predicted octanol–water partition coefficient (Wildman–Crippen LogP) is 4.61. The molecule has 38 heavy (non-hydrogen) atoms. The molecular weight excluding hydrogens is 508 g/mol. The van der Waals surface area contributed by atoms with E-state index < -0.39 is 17.8 Å². The van der Waals surface area contributed by atoms with Gasteiger partial charge in [-0.25, -0.2) is 9.59 Å². The van der Waals surface area contributed by atoms with Crippen molar-refractivity contribution in [1.29, 1.82) is 0 Å². The second-order valence-corrected chi connectivity index (χ2v) is 8.95. The Kier molecular flexibility index (Phi) is 10.5. The first-order valence-electron chi connectivity index (χ1n) is 11.9. The number of aromatic nitrogens is 3. The molecule has 2 aromatic carbocycles. The molecule has 10 nitrogen and oxygen atoms in total. The van der Waals surface area contributed by atoms with E-state index in [-0.39, 0.29) is 22.6 Å². The fourth-order valence-corrected chi connectivity index (χ4v) is 4.18. The Hall–Kier alpha value is -4.12. The molecule has 1 amide bonds. The zero-order valence-electron chi connectivity index (χ0n) is 21.6. The van der Waals surface area contributed by atoms with Crippen LogP contribution in [0.5, 0.6) is 5.75 Å². The number of carbonyl (C=O) groups excluding carboxylic acids is 3. The van der Waals surface area contributed by atoms with Gasteiger partial charge in [0.05, 0.1) is 43.4 Å². The van der Waals surface area contributed by atoms with Crippen LogP contribution >= 0.6 is 11.8 Å². The second-order valence-electron chi connectivity index (χ2n) is 8.01.